The Balaban J connectivity index is 1.92. The molecule has 0 aromatic heterocycles. The zero-order chi connectivity index (χ0) is 11.7. The third kappa shape index (κ3) is 1.86. The molecular formula is C15H14O2. The van der Waals surface area contributed by atoms with Gasteiger partial charge in [0.05, 0.1) is 6.61 Å². The minimum absolute atomic E-state index is 0.242. The molecule has 0 aliphatic carbocycles. The van der Waals surface area contributed by atoms with Crippen LogP contribution in [-0.2, 0) is 11.3 Å². The number of hydrogen-bond donors (Lipinski definition) is 1. The van der Waals surface area contributed by atoms with E-state index in [2.05, 4.69) is 0 Å². The fourth-order valence-electron chi connectivity index (χ4n) is 2.30. The quantitative estimate of drug-likeness (QED) is 0.853. The molecule has 2 aromatic rings. The summed E-state index contributed by atoms with van der Waals surface area (Å²) < 4.78 is 5.69. The van der Waals surface area contributed by atoms with E-state index in [0.29, 0.717) is 6.61 Å². The highest BCUT2D eigenvalue weighted by Crippen LogP contribution is 2.39. The van der Waals surface area contributed by atoms with E-state index in [4.69, 9.17) is 4.74 Å². The summed E-state index contributed by atoms with van der Waals surface area (Å²) in [4.78, 5) is 0. The summed E-state index contributed by atoms with van der Waals surface area (Å²) >= 11 is 0. The van der Waals surface area contributed by atoms with Crippen LogP contribution in [0.4, 0.5) is 0 Å². The molecule has 2 atom stereocenters. The Bertz CT molecular complexity index is 507. The number of benzene rings is 2. The van der Waals surface area contributed by atoms with Crippen LogP contribution < -0.4 is 0 Å². The predicted molar refractivity (Wildman–Crippen MR) is 65.4 cm³/mol. The van der Waals surface area contributed by atoms with Crippen LogP contribution in [0.1, 0.15) is 28.9 Å². The Hall–Kier alpha value is -1.64. The van der Waals surface area contributed by atoms with Crippen LogP contribution in [0.15, 0.2) is 54.6 Å². The lowest BCUT2D eigenvalue weighted by atomic mass is 9.97. The lowest BCUT2D eigenvalue weighted by molar-refractivity contribution is -0.0314. The van der Waals surface area contributed by atoms with Crippen LogP contribution >= 0.6 is 0 Å². The molecule has 86 valence electrons. The normalized spacial score (nSPS) is 19.9. The zero-order valence-electron chi connectivity index (χ0n) is 9.41. The largest absolute Gasteiger partial charge is 0.385 e. The average molecular weight is 226 g/mol. The smallest absolute Gasteiger partial charge is 0.113 e. The first-order chi connectivity index (χ1) is 8.36. The van der Waals surface area contributed by atoms with Gasteiger partial charge in [-0.05, 0) is 16.7 Å². The summed E-state index contributed by atoms with van der Waals surface area (Å²) in [7, 11) is 0. The van der Waals surface area contributed by atoms with Gasteiger partial charge in [-0.2, -0.15) is 0 Å². The van der Waals surface area contributed by atoms with E-state index in [1.807, 2.05) is 54.6 Å². The number of ether oxygens (including phenoxy) is 1. The topological polar surface area (TPSA) is 29.5 Å². The first kappa shape index (κ1) is 10.5. The van der Waals surface area contributed by atoms with Crippen LogP contribution in [0.2, 0.25) is 0 Å². The Kier molecular flexibility index (Phi) is 2.67. The van der Waals surface area contributed by atoms with Gasteiger partial charge in [-0.3, -0.25) is 0 Å². The molecule has 0 spiro atoms. The molecule has 1 aliphatic heterocycles. The van der Waals surface area contributed by atoms with Crippen molar-refractivity contribution in [1.82, 2.24) is 0 Å². The van der Waals surface area contributed by atoms with Gasteiger partial charge in [0.25, 0.3) is 0 Å². The van der Waals surface area contributed by atoms with Gasteiger partial charge < -0.3 is 9.84 Å². The van der Waals surface area contributed by atoms with Gasteiger partial charge in [0.2, 0.25) is 0 Å². The van der Waals surface area contributed by atoms with E-state index >= 15 is 0 Å². The summed E-state index contributed by atoms with van der Waals surface area (Å²) in [5.74, 6) is 0. The molecule has 0 bridgehead atoms. The van der Waals surface area contributed by atoms with E-state index in [1.165, 1.54) is 5.56 Å². The highest BCUT2D eigenvalue weighted by molar-refractivity contribution is 5.34. The van der Waals surface area contributed by atoms with Crippen molar-refractivity contribution in [2.75, 3.05) is 0 Å². The second-order valence-electron chi connectivity index (χ2n) is 4.29. The van der Waals surface area contributed by atoms with Crippen molar-refractivity contribution < 1.29 is 9.84 Å². The minimum atomic E-state index is -0.597. The summed E-state index contributed by atoms with van der Waals surface area (Å²) in [5, 5.41) is 10.3. The van der Waals surface area contributed by atoms with Gasteiger partial charge in [-0.15, -0.1) is 0 Å². The zero-order valence-corrected chi connectivity index (χ0v) is 9.41. The van der Waals surface area contributed by atoms with Gasteiger partial charge in [0.15, 0.2) is 0 Å². The van der Waals surface area contributed by atoms with Crippen molar-refractivity contribution in [1.29, 1.82) is 0 Å². The van der Waals surface area contributed by atoms with Crippen LogP contribution in [0.25, 0.3) is 0 Å². The molecule has 0 radical (unpaired) electrons. The number of hydrogen-bond acceptors (Lipinski definition) is 2. The van der Waals surface area contributed by atoms with E-state index in [-0.39, 0.29) is 6.10 Å². The standard InChI is InChI=1S/C15H14O2/c16-14(11-6-2-1-3-7-11)15-13-9-5-4-8-12(13)10-17-15/h1-9,14-16H,10H2/t14-,15-/m0/s1. The molecule has 0 saturated heterocycles. The monoisotopic (exact) mass is 226 g/mol. The van der Waals surface area contributed by atoms with Gasteiger partial charge in [-0.25, -0.2) is 0 Å². The molecule has 1 N–H and O–H groups in total. The van der Waals surface area contributed by atoms with Crippen LogP contribution in [0, 0.1) is 0 Å². The van der Waals surface area contributed by atoms with Crippen molar-refractivity contribution in [2.24, 2.45) is 0 Å². The summed E-state index contributed by atoms with van der Waals surface area (Å²) in [6.45, 7) is 0.588. The van der Waals surface area contributed by atoms with Gasteiger partial charge in [0, 0.05) is 0 Å². The van der Waals surface area contributed by atoms with Gasteiger partial charge in [-0.1, -0.05) is 54.6 Å². The molecule has 2 aromatic carbocycles. The molecule has 0 unspecified atom stereocenters. The second-order valence-corrected chi connectivity index (χ2v) is 4.29. The van der Waals surface area contributed by atoms with Gasteiger partial charge in [0.1, 0.15) is 12.2 Å². The number of fused-ring (bicyclic) bond motifs is 1. The molecule has 1 heterocycles. The second kappa shape index (κ2) is 4.32. The molecule has 1 aliphatic rings. The molecule has 0 fully saturated rings. The lowest BCUT2D eigenvalue weighted by Gasteiger charge is -2.18. The Morgan fingerprint density at radius 2 is 1.71 bits per heavy atom. The number of aliphatic hydroxyl groups is 1. The molecular weight excluding hydrogens is 212 g/mol. The Labute approximate surface area is 100 Å². The summed E-state index contributed by atoms with van der Waals surface area (Å²) in [5.41, 5.74) is 3.17. The Morgan fingerprint density at radius 3 is 2.53 bits per heavy atom. The molecule has 17 heavy (non-hydrogen) atoms. The predicted octanol–water partition coefficient (Wildman–Crippen LogP) is 2.99. The molecule has 2 nitrogen and oxygen atoms in total. The third-order valence-corrected chi connectivity index (χ3v) is 3.21. The van der Waals surface area contributed by atoms with Crippen LogP contribution in [0.5, 0.6) is 0 Å². The van der Waals surface area contributed by atoms with Crippen molar-refractivity contribution >= 4 is 0 Å². The number of rotatable bonds is 2. The molecule has 2 heteroatoms. The van der Waals surface area contributed by atoms with Crippen LogP contribution in [0.3, 0.4) is 0 Å². The first-order valence-corrected chi connectivity index (χ1v) is 5.78. The highest BCUT2D eigenvalue weighted by atomic mass is 16.5. The minimum Gasteiger partial charge on any atom is -0.385 e. The Morgan fingerprint density at radius 1 is 1.00 bits per heavy atom. The number of aliphatic hydroxyl groups excluding tert-OH is 1. The van der Waals surface area contributed by atoms with E-state index in [1.54, 1.807) is 0 Å². The summed E-state index contributed by atoms with van der Waals surface area (Å²) in [6.07, 6.45) is -0.839. The fraction of sp³-hybridized carbons (Fsp3) is 0.200. The highest BCUT2D eigenvalue weighted by Gasteiger charge is 2.29. The molecule has 0 amide bonds. The van der Waals surface area contributed by atoms with Crippen molar-refractivity contribution in [3.8, 4) is 0 Å². The summed E-state index contributed by atoms with van der Waals surface area (Å²) in [6, 6.07) is 17.7. The molecule has 3 rings (SSSR count). The maximum atomic E-state index is 10.3. The first-order valence-electron chi connectivity index (χ1n) is 5.78. The van der Waals surface area contributed by atoms with Crippen molar-refractivity contribution in [2.45, 2.75) is 18.8 Å². The maximum absolute atomic E-state index is 10.3. The van der Waals surface area contributed by atoms with Crippen molar-refractivity contribution in [3.05, 3.63) is 71.3 Å². The average Bonchev–Trinajstić information content (AvgIpc) is 2.83. The van der Waals surface area contributed by atoms with E-state index in [9.17, 15) is 5.11 Å². The SMILES string of the molecule is O[C@@H](c1ccccc1)[C@H]1OCc2ccccc21. The van der Waals surface area contributed by atoms with Crippen LogP contribution in [-0.4, -0.2) is 5.11 Å². The molecule has 0 saturated carbocycles. The van der Waals surface area contributed by atoms with Gasteiger partial charge >= 0.3 is 0 Å². The third-order valence-electron chi connectivity index (χ3n) is 3.21. The van der Waals surface area contributed by atoms with Crippen molar-refractivity contribution in [3.63, 3.8) is 0 Å². The lowest BCUT2D eigenvalue weighted by Crippen LogP contribution is -2.09. The maximum Gasteiger partial charge on any atom is 0.113 e. The fourth-order valence-corrected chi connectivity index (χ4v) is 2.30. The van der Waals surface area contributed by atoms with E-state index < -0.39 is 6.10 Å². The van der Waals surface area contributed by atoms with E-state index in [0.717, 1.165) is 11.1 Å².